The van der Waals surface area contributed by atoms with Gasteiger partial charge in [0, 0.05) is 24.1 Å². The summed E-state index contributed by atoms with van der Waals surface area (Å²) in [4.78, 5) is 26.2. The summed E-state index contributed by atoms with van der Waals surface area (Å²) in [7, 11) is 0. The van der Waals surface area contributed by atoms with Crippen LogP contribution in [0.3, 0.4) is 0 Å². The molecule has 0 atom stereocenters. The van der Waals surface area contributed by atoms with Crippen LogP contribution in [0, 0.1) is 0 Å². The summed E-state index contributed by atoms with van der Waals surface area (Å²) in [5.41, 5.74) is 1.69. The van der Waals surface area contributed by atoms with Crippen LogP contribution in [-0.2, 0) is 0 Å². The minimum absolute atomic E-state index is 0.107. The molecule has 0 aliphatic heterocycles. The second kappa shape index (κ2) is 5.52. The van der Waals surface area contributed by atoms with Crippen molar-refractivity contribution in [2.24, 2.45) is 0 Å². The smallest absolute Gasteiger partial charge is 0.261 e. The van der Waals surface area contributed by atoms with Crippen LogP contribution in [0.4, 0.5) is 5.69 Å². The van der Waals surface area contributed by atoms with Gasteiger partial charge in [-0.15, -0.1) is 0 Å². The van der Waals surface area contributed by atoms with E-state index < -0.39 is 5.91 Å². The zero-order chi connectivity index (χ0) is 13.8. The Morgan fingerprint density at radius 3 is 2.42 bits per heavy atom. The fraction of sp³-hybridized carbons (Fsp3) is 0.200. The lowest BCUT2D eigenvalue weighted by molar-refractivity contribution is 0.102. The highest BCUT2D eigenvalue weighted by molar-refractivity contribution is 6.03. The first-order chi connectivity index (χ1) is 9.08. The van der Waals surface area contributed by atoms with Gasteiger partial charge in [-0.2, -0.15) is 0 Å². The zero-order valence-electron chi connectivity index (χ0n) is 10.9. The first-order valence-corrected chi connectivity index (χ1v) is 6.16. The van der Waals surface area contributed by atoms with E-state index in [1.165, 1.54) is 24.0 Å². The second-order valence-electron chi connectivity index (χ2n) is 4.65. The Labute approximate surface area is 111 Å². The van der Waals surface area contributed by atoms with Gasteiger partial charge in [0.15, 0.2) is 5.43 Å². The van der Waals surface area contributed by atoms with Crippen molar-refractivity contribution in [3.05, 3.63) is 64.1 Å². The van der Waals surface area contributed by atoms with E-state index in [1.807, 2.05) is 24.3 Å². The fourth-order valence-corrected chi connectivity index (χ4v) is 1.74. The predicted molar refractivity (Wildman–Crippen MR) is 75.5 cm³/mol. The molecule has 0 fully saturated rings. The number of benzene rings is 1. The highest BCUT2D eigenvalue weighted by atomic mass is 16.2. The van der Waals surface area contributed by atoms with E-state index in [4.69, 9.17) is 0 Å². The molecule has 0 aliphatic carbocycles. The summed E-state index contributed by atoms with van der Waals surface area (Å²) >= 11 is 0. The molecule has 2 aromatic rings. The number of carbonyl (C=O) groups excluding carboxylic acids is 1. The summed E-state index contributed by atoms with van der Waals surface area (Å²) in [6, 6.07) is 8.94. The lowest BCUT2D eigenvalue weighted by Gasteiger charge is -2.08. The van der Waals surface area contributed by atoms with Gasteiger partial charge in [0.05, 0.1) is 0 Å². The molecule has 98 valence electrons. The predicted octanol–water partition coefficient (Wildman–Crippen LogP) is 2.75. The lowest BCUT2D eigenvalue weighted by atomic mass is 10.0. The first-order valence-electron chi connectivity index (χ1n) is 6.16. The molecule has 0 spiro atoms. The number of hydrogen-bond acceptors (Lipinski definition) is 2. The van der Waals surface area contributed by atoms with Crippen LogP contribution in [0.5, 0.6) is 0 Å². The lowest BCUT2D eigenvalue weighted by Crippen LogP contribution is -2.20. The third-order valence-corrected chi connectivity index (χ3v) is 2.90. The monoisotopic (exact) mass is 256 g/mol. The molecular formula is C15H16N2O2. The number of amides is 1. The number of carbonyl (C=O) groups is 1. The standard InChI is InChI=1S/C15H16N2O2/c1-10(2)11-3-5-12(6-4-11)17-15(19)13-9-16-8-7-14(13)18/h3-10H,1-2H3,(H,16,18)(H,17,19). The molecule has 4 nitrogen and oxygen atoms in total. The van der Waals surface area contributed by atoms with Crippen LogP contribution in [0.15, 0.2) is 47.5 Å². The molecular weight excluding hydrogens is 240 g/mol. The average Bonchev–Trinajstić information content (AvgIpc) is 2.39. The van der Waals surface area contributed by atoms with Crippen molar-refractivity contribution in [3.8, 4) is 0 Å². The Morgan fingerprint density at radius 1 is 1.16 bits per heavy atom. The van der Waals surface area contributed by atoms with Crippen molar-refractivity contribution in [1.29, 1.82) is 0 Å². The van der Waals surface area contributed by atoms with E-state index in [0.717, 1.165) is 0 Å². The van der Waals surface area contributed by atoms with Gasteiger partial charge in [-0.1, -0.05) is 26.0 Å². The second-order valence-corrected chi connectivity index (χ2v) is 4.65. The minimum Gasteiger partial charge on any atom is -0.367 e. The molecule has 0 bridgehead atoms. The highest BCUT2D eigenvalue weighted by Crippen LogP contribution is 2.17. The molecule has 0 saturated carbocycles. The highest BCUT2D eigenvalue weighted by Gasteiger charge is 2.09. The number of anilines is 1. The van der Waals surface area contributed by atoms with Gasteiger partial charge >= 0.3 is 0 Å². The van der Waals surface area contributed by atoms with Crippen LogP contribution < -0.4 is 10.7 Å². The number of pyridine rings is 1. The molecule has 1 heterocycles. The number of rotatable bonds is 3. The van der Waals surface area contributed by atoms with Crippen LogP contribution in [0.1, 0.15) is 35.7 Å². The molecule has 4 heteroatoms. The maximum Gasteiger partial charge on any atom is 0.261 e. The fourth-order valence-electron chi connectivity index (χ4n) is 1.74. The zero-order valence-corrected chi connectivity index (χ0v) is 10.9. The number of H-pyrrole nitrogens is 1. The summed E-state index contributed by atoms with van der Waals surface area (Å²) in [5, 5.41) is 2.71. The molecule has 0 saturated heterocycles. The van der Waals surface area contributed by atoms with E-state index in [2.05, 4.69) is 24.1 Å². The molecule has 2 N–H and O–H groups in total. The molecule has 0 radical (unpaired) electrons. The maximum atomic E-state index is 11.9. The van der Waals surface area contributed by atoms with Gasteiger partial charge in [-0.05, 0) is 23.6 Å². The van der Waals surface area contributed by atoms with Gasteiger partial charge in [-0.25, -0.2) is 0 Å². The molecule has 1 aromatic heterocycles. The average molecular weight is 256 g/mol. The summed E-state index contributed by atoms with van der Waals surface area (Å²) < 4.78 is 0. The van der Waals surface area contributed by atoms with Crippen molar-refractivity contribution < 1.29 is 4.79 Å². The van der Waals surface area contributed by atoms with E-state index >= 15 is 0 Å². The number of hydrogen-bond donors (Lipinski definition) is 2. The first kappa shape index (κ1) is 13.1. The Hall–Kier alpha value is -2.36. The molecule has 1 amide bonds. The third kappa shape index (κ3) is 3.10. The Bertz CT molecular complexity index is 627. The number of aromatic amines is 1. The Balaban J connectivity index is 2.15. The van der Waals surface area contributed by atoms with E-state index in [-0.39, 0.29) is 11.0 Å². The van der Waals surface area contributed by atoms with Gasteiger partial charge in [0.1, 0.15) is 5.56 Å². The van der Waals surface area contributed by atoms with Gasteiger partial charge < -0.3 is 10.3 Å². The molecule has 1 aromatic carbocycles. The molecule has 0 aliphatic rings. The Morgan fingerprint density at radius 2 is 1.84 bits per heavy atom. The quantitative estimate of drug-likeness (QED) is 0.887. The van der Waals surface area contributed by atoms with Crippen LogP contribution >= 0.6 is 0 Å². The molecule has 2 rings (SSSR count). The van der Waals surface area contributed by atoms with Crippen LogP contribution in [0.25, 0.3) is 0 Å². The van der Waals surface area contributed by atoms with Gasteiger partial charge in [-0.3, -0.25) is 9.59 Å². The van der Waals surface area contributed by atoms with Gasteiger partial charge in [0.25, 0.3) is 5.91 Å². The van der Waals surface area contributed by atoms with Crippen LogP contribution in [0.2, 0.25) is 0 Å². The maximum absolute atomic E-state index is 11.9. The van der Waals surface area contributed by atoms with Crippen molar-refractivity contribution in [2.45, 2.75) is 19.8 Å². The third-order valence-electron chi connectivity index (χ3n) is 2.90. The van der Waals surface area contributed by atoms with Gasteiger partial charge in [0.2, 0.25) is 0 Å². The molecule has 0 unspecified atom stereocenters. The van der Waals surface area contributed by atoms with E-state index in [1.54, 1.807) is 0 Å². The summed E-state index contributed by atoms with van der Waals surface area (Å²) in [6.07, 6.45) is 2.90. The van der Waals surface area contributed by atoms with E-state index in [0.29, 0.717) is 11.6 Å². The van der Waals surface area contributed by atoms with Crippen molar-refractivity contribution in [2.75, 3.05) is 5.32 Å². The topological polar surface area (TPSA) is 62.0 Å². The minimum atomic E-state index is -0.404. The van der Waals surface area contributed by atoms with E-state index in [9.17, 15) is 9.59 Å². The van der Waals surface area contributed by atoms with Crippen molar-refractivity contribution in [3.63, 3.8) is 0 Å². The van der Waals surface area contributed by atoms with Crippen molar-refractivity contribution >= 4 is 11.6 Å². The largest absolute Gasteiger partial charge is 0.367 e. The number of aromatic nitrogens is 1. The SMILES string of the molecule is CC(C)c1ccc(NC(=O)c2c[nH]ccc2=O)cc1. The summed E-state index contributed by atoms with van der Waals surface area (Å²) in [5.74, 6) is 0.0425. The van der Waals surface area contributed by atoms with Crippen LogP contribution in [-0.4, -0.2) is 10.9 Å². The molecule has 19 heavy (non-hydrogen) atoms. The normalized spacial score (nSPS) is 10.5. The Kier molecular flexibility index (Phi) is 3.80. The summed E-state index contributed by atoms with van der Waals surface area (Å²) in [6.45, 7) is 4.22. The number of nitrogens with one attached hydrogen (secondary N) is 2. The van der Waals surface area contributed by atoms with Crippen molar-refractivity contribution in [1.82, 2.24) is 4.98 Å².